The topological polar surface area (TPSA) is 87.7 Å². The van der Waals surface area contributed by atoms with E-state index in [-0.39, 0.29) is 5.96 Å². The van der Waals surface area contributed by atoms with E-state index >= 15 is 0 Å². The highest BCUT2D eigenvalue weighted by atomic mass is 32.1. The van der Waals surface area contributed by atoms with Crippen LogP contribution in [-0.2, 0) is 6.42 Å². The number of hydrogen-bond acceptors (Lipinski definition) is 4. The minimum Gasteiger partial charge on any atom is -0.370 e. The lowest BCUT2D eigenvalue weighted by atomic mass is 10.2. The van der Waals surface area contributed by atoms with E-state index in [2.05, 4.69) is 21.4 Å². The van der Waals surface area contributed by atoms with Gasteiger partial charge in [0.25, 0.3) is 0 Å². The van der Waals surface area contributed by atoms with Gasteiger partial charge in [0.15, 0.2) is 11.1 Å². The van der Waals surface area contributed by atoms with Crippen LogP contribution in [0.3, 0.4) is 0 Å². The van der Waals surface area contributed by atoms with E-state index in [0.717, 1.165) is 22.7 Å². The first-order valence-corrected chi connectivity index (χ1v) is 6.35. The maximum Gasteiger partial charge on any atom is 0.192 e. The molecule has 2 aromatic heterocycles. The van der Waals surface area contributed by atoms with E-state index in [0.29, 0.717) is 5.13 Å². The van der Waals surface area contributed by atoms with Crippen LogP contribution in [0.4, 0.5) is 5.13 Å². The van der Waals surface area contributed by atoms with Gasteiger partial charge in [-0.3, -0.25) is 10.4 Å². The van der Waals surface area contributed by atoms with Crippen LogP contribution in [-0.4, -0.2) is 15.9 Å². The number of nitrogens with one attached hydrogen (secondary N) is 2. The van der Waals surface area contributed by atoms with Crippen molar-refractivity contribution in [3.63, 3.8) is 0 Å². The first kappa shape index (κ1) is 12.5. The summed E-state index contributed by atoms with van der Waals surface area (Å²) in [7, 11) is 0. The molecule has 0 unspecified atom stereocenters. The van der Waals surface area contributed by atoms with Crippen LogP contribution >= 0.6 is 11.3 Å². The Hall–Kier alpha value is -1.95. The Morgan fingerprint density at radius 2 is 2.28 bits per heavy atom. The molecule has 4 N–H and O–H groups in total. The second-order valence-corrected chi connectivity index (χ2v) is 5.15. The fourth-order valence-electron chi connectivity index (χ4n) is 1.62. The number of nitrogens with zero attached hydrogens (tertiary/aromatic N) is 2. The van der Waals surface area contributed by atoms with E-state index < -0.39 is 0 Å². The summed E-state index contributed by atoms with van der Waals surface area (Å²) >= 11 is 1.51. The highest BCUT2D eigenvalue weighted by Gasteiger charge is 2.09. The summed E-state index contributed by atoms with van der Waals surface area (Å²) in [4.78, 5) is 9.80. The molecule has 18 heavy (non-hydrogen) atoms. The van der Waals surface area contributed by atoms with Gasteiger partial charge in [-0.05, 0) is 31.5 Å². The molecule has 0 bridgehead atoms. The molecule has 2 rings (SSSR count). The Morgan fingerprint density at radius 1 is 1.50 bits per heavy atom. The van der Waals surface area contributed by atoms with Crippen molar-refractivity contribution in [1.82, 2.24) is 9.97 Å². The van der Waals surface area contributed by atoms with Gasteiger partial charge in [-0.2, -0.15) is 0 Å². The van der Waals surface area contributed by atoms with E-state index in [9.17, 15) is 0 Å². The molecule has 0 radical (unpaired) electrons. The Balaban J connectivity index is 2.19. The molecule has 0 aliphatic carbocycles. The molecule has 0 saturated carbocycles. The smallest absolute Gasteiger partial charge is 0.192 e. The van der Waals surface area contributed by atoms with Crippen LogP contribution in [0.2, 0.25) is 0 Å². The molecule has 6 heteroatoms. The van der Waals surface area contributed by atoms with Crippen LogP contribution in [0, 0.1) is 19.3 Å². The van der Waals surface area contributed by atoms with E-state index in [1.807, 2.05) is 26.1 Å². The normalized spacial score (nSPS) is 10.3. The SMILES string of the molecule is Cc1ccnc(Cc2sc(NC(=N)N)nc2C)c1. The van der Waals surface area contributed by atoms with Gasteiger partial charge in [0.05, 0.1) is 5.69 Å². The predicted molar refractivity (Wildman–Crippen MR) is 74.2 cm³/mol. The zero-order valence-corrected chi connectivity index (χ0v) is 11.1. The molecule has 94 valence electrons. The predicted octanol–water partition coefficient (Wildman–Crippen LogP) is 2.05. The minimum absolute atomic E-state index is 0.0935. The van der Waals surface area contributed by atoms with Gasteiger partial charge in [-0.15, -0.1) is 11.3 Å². The number of anilines is 1. The summed E-state index contributed by atoms with van der Waals surface area (Å²) in [5.74, 6) is -0.0935. The third-order valence-corrected chi connectivity index (χ3v) is 3.52. The number of guanidine groups is 1. The lowest BCUT2D eigenvalue weighted by Crippen LogP contribution is -2.20. The zero-order chi connectivity index (χ0) is 13.1. The van der Waals surface area contributed by atoms with Crippen LogP contribution in [0.5, 0.6) is 0 Å². The van der Waals surface area contributed by atoms with Gasteiger partial charge >= 0.3 is 0 Å². The molecule has 0 aliphatic rings. The van der Waals surface area contributed by atoms with E-state index in [1.54, 1.807) is 0 Å². The lowest BCUT2D eigenvalue weighted by Gasteiger charge is -2.00. The number of thiazole rings is 1. The first-order chi connectivity index (χ1) is 8.54. The van der Waals surface area contributed by atoms with E-state index in [4.69, 9.17) is 11.1 Å². The number of nitrogens with two attached hydrogens (primary N) is 1. The summed E-state index contributed by atoms with van der Waals surface area (Å²) < 4.78 is 0. The van der Waals surface area contributed by atoms with Crippen molar-refractivity contribution in [2.75, 3.05) is 5.32 Å². The van der Waals surface area contributed by atoms with Crippen molar-refractivity contribution in [2.24, 2.45) is 5.73 Å². The van der Waals surface area contributed by atoms with Crippen molar-refractivity contribution in [3.8, 4) is 0 Å². The quantitative estimate of drug-likeness (QED) is 0.583. The molecule has 0 fully saturated rings. The second-order valence-electron chi connectivity index (χ2n) is 4.07. The molecule has 2 heterocycles. The summed E-state index contributed by atoms with van der Waals surface area (Å²) in [6.45, 7) is 4.00. The van der Waals surface area contributed by atoms with Crippen LogP contribution < -0.4 is 11.1 Å². The van der Waals surface area contributed by atoms with Gasteiger partial charge in [-0.25, -0.2) is 4.98 Å². The molecule has 0 atom stereocenters. The van der Waals surface area contributed by atoms with Crippen LogP contribution in [0.1, 0.15) is 21.8 Å². The Morgan fingerprint density at radius 3 is 2.94 bits per heavy atom. The van der Waals surface area contributed by atoms with Crippen LogP contribution in [0.15, 0.2) is 18.3 Å². The highest BCUT2D eigenvalue weighted by molar-refractivity contribution is 7.15. The monoisotopic (exact) mass is 261 g/mol. The van der Waals surface area contributed by atoms with Gasteiger partial charge in [-0.1, -0.05) is 0 Å². The molecule has 0 aromatic carbocycles. The summed E-state index contributed by atoms with van der Waals surface area (Å²) in [6, 6.07) is 4.04. The number of aromatic nitrogens is 2. The fraction of sp³-hybridized carbons (Fsp3) is 0.250. The second kappa shape index (κ2) is 5.14. The first-order valence-electron chi connectivity index (χ1n) is 5.53. The third kappa shape index (κ3) is 3.04. The van der Waals surface area contributed by atoms with Crippen LogP contribution in [0.25, 0.3) is 0 Å². The van der Waals surface area contributed by atoms with Crippen molar-refractivity contribution < 1.29 is 0 Å². The number of aryl methyl sites for hydroxylation is 2. The third-order valence-electron chi connectivity index (χ3n) is 2.45. The largest absolute Gasteiger partial charge is 0.370 e. The van der Waals surface area contributed by atoms with E-state index in [1.165, 1.54) is 16.9 Å². The van der Waals surface area contributed by atoms with Gasteiger partial charge < -0.3 is 11.1 Å². The molecular formula is C12H15N5S. The van der Waals surface area contributed by atoms with Gasteiger partial charge in [0.2, 0.25) is 0 Å². The lowest BCUT2D eigenvalue weighted by molar-refractivity contribution is 1.06. The minimum atomic E-state index is -0.0935. The fourth-order valence-corrected chi connectivity index (χ4v) is 2.61. The summed E-state index contributed by atoms with van der Waals surface area (Å²) in [5, 5.41) is 10.5. The molecule has 0 amide bonds. The molecular weight excluding hydrogens is 246 g/mol. The average Bonchev–Trinajstić information content (AvgIpc) is 2.58. The Labute approximate surface area is 110 Å². The maximum absolute atomic E-state index is 7.18. The number of hydrogen-bond donors (Lipinski definition) is 3. The maximum atomic E-state index is 7.18. The Kier molecular flexibility index (Phi) is 3.57. The molecule has 0 aliphatic heterocycles. The number of pyridine rings is 1. The molecule has 0 saturated heterocycles. The average molecular weight is 261 g/mol. The van der Waals surface area contributed by atoms with Crippen molar-refractivity contribution in [3.05, 3.63) is 40.2 Å². The summed E-state index contributed by atoms with van der Waals surface area (Å²) in [5.41, 5.74) is 8.46. The zero-order valence-electron chi connectivity index (χ0n) is 10.3. The standard InChI is InChI=1S/C12H15N5S/c1-7-3-4-15-9(5-7)6-10-8(2)16-12(18-10)17-11(13)14/h3-5H,6H2,1-2H3,(H4,13,14,16,17). The molecule has 5 nitrogen and oxygen atoms in total. The Bertz CT molecular complexity index is 576. The highest BCUT2D eigenvalue weighted by Crippen LogP contribution is 2.24. The van der Waals surface area contributed by atoms with Gasteiger partial charge in [0, 0.05) is 23.2 Å². The molecule has 2 aromatic rings. The van der Waals surface area contributed by atoms with Crippen molar-refractivity contribution in [1.29, 1.82) is 5.41 Å². The van der Waals surface area contributed by atoms with Crippen molar-refractivity contribution in [2.45, 2.75) is 20.3 Å². The number of rotatable bonds is 3. The molecule has 0 spiro atoms. The van der Waals surface area contributed by atoms with Crippen molar-refractivity contribution >= 4 is 22.4 Å². The van der Waals surface area contributed by atoms with Gasteiger partial charge in [0.1, 0.15) is 0 Å². The summed E-state index contributed by atoms with van der Waals surface area (Å²) in [6.07, 6.45) is 2.57.